The summed E-state index contributed by atoms with van der Waals surface area (Å²) in [4.78, 5) is 22.7. The first-order chi connectivity index (χ1) is 15.6. The van der Waals surface area contributed by atoms with Crippen molar-refractivity contribution in [2.24, 2.45) is 0 Å². The smallest absolute Gasteiger partial charge is 0.260 e. The van der Waals surface area contributed by atoms with Crippen molar-refractivity contribution in [2.75, 3.05) is 57.5 Å². The van der Waals surface area contributed by atoms with Crippen LogP contribution in [0.1, 0.15) is 21.5 Å². The van der Waals surface area contributed by atoms with Gasteiger partial charge in [0.2, 0.25) is 0 Å². The maximum absolute atomic E-state index is 13.7. The van der Waals surface area contributed by atoms with Gasteiger partial charge in [-0.25, -0.2) is 4.98 Å². The van der Waals surface area contributed by atoms with Gasteiger partial charge >= 0.3 is 0 Å². The predicted molar refractivity (Wildman–Crippen MR) is 133 cm³/mol. The predicted octanol–water partition coefficient (Wildman–Crippen LogP) is 4.09. The summed E-state index contributed by atoms with van der Waals surface area (Å²) in [6, 6.07) is 9.60. The van der Waals surface area contributed by atoms with Gasteiger partial charge in [-0.15, -0.1) is 12.4 Å². The second-order valence-electron chi connectivity index (χ2n) is 8.12. The van der Waals surface area contributed by atoms with E-state index in [0.717, 1.165) is 53.8 Å². The maximum Gasteiger partial charge on any atom is 0.260 e. The Balaban J connectivity index is 0.00000259. The van der Waals surface area contributed by atoms with Crippen molar-refractivity contribution in [3.63, 3.8) is 0 Å². The van der Waals surface area contributed by atoms with Crippen LogP contribution >= 0.6 is 23.7 Å². The minimum absolute atomic E-state index is 0. The average molecular weight is 490 g/mol. The van der Waals surface area contributed by atoms with Crippen LogP contribution in [-0.4, -0.2) is 68.4 Å². The first kappa shape index (κ1) is 23.8. The number of anilines is 1. The van der Waals surface area contributed by atoms with Crippen LogP contribution in [0.2, 0.25) is 0 Å². The Morgan fingerprint density at radius 3 is 2.61 bits per heavy atom. The lowest BCUT2D eigenvalue weighted by Crippen LogP contribution is -2.43. The number of nitrogens with zero attached hydrogens (tertiary/aromatic N) is 3. The molecule has 3 heterocycles. The van der Waals surface area contributed by atoms with Crippen LogP contribution in [0, 0.1) is 13.8 Å². The topological polar surface area (TPSA) is 64.1 Å². The zero-order valence-electron chi connectivity index (χ0n) is 18.8. The Kier molecular flexibility index (Phi) is 7.38. The summed E-state index contributed by atoms with van der Waals surface area (Å²) in [6.07, 6.45) is 0. The molecular formula is C24H28ClN3O4S. The molecule has 2 aliphatic heterocycles. The highest BCUT2D eigenvalue weighted by molar-refractivity contribution is 7.22. The largest absolute Gasteiger partial charge is 0.486 e. The van der Waals surface area contributed by atoms with Gasteiger partial charge in [0.1, 0.15) is 13.2 Å². The molecule has 2 aliphatic rings. The first-order valence-corrected chi connectivity index (χ1v) is 11.8. The van der Waals surface area contributed by atoms with Crippen LogP contribution in [0.4, 0.5) is 5.13 Å². The van der Waals surface area contributed by atoms with Crippen LogP contribution in [0.15, 0.2) is 30.3 Å². The molecule has 0 radical (unpaired) electrons. The Labute approximate surface area is 203 Å². The van der Waals surface area contributed by atoms with Gasteiger partial charge in [-0.05, 0) is 49.2 Å². The van der Waals surface area contributed by atoms with Crippen LogP contribution in [0.5, 0.6) is 11.5 Å². The molecule has 1 fully saturated rings. The summed E-state index contributed by atoms with van der Waals surface area (Å²) in [5.41, 5.74) is 3.90. The summed E-state index contributed by atoms with van der Waals surface area (Å²) in [5.74, 6) is 1.22. The molecule has 0 aliphatic carbocycles. The number of morpholine rings is 1. The Morgan fingerprint density at radius 1 is 1.06 bits per heavy atom. The number of rotatable bonds is 5. The van der Waals surface area contributed by atoms with Gasteiger partial charge in [0.15, 0.2) is 16.6 Å². The summed E-state index contributed by atoms with van der Waals surface area (Å²) in [7, 11) is 0. The van der Waals surface area contributed by atoms with Crippen LogP contribution < -0.4 is 14.4 Å². The number of hydrogen-bond donors (Lipinski definition) is 0. The second kappa shape index (κ2) is 10.3. The molecule has 1 saturated heterocycles. The highest BCUT2D eigenvalue weighted by Crippen LogP contribution is 2.34. The molecule has 0 N–H and O–H groups in total. The van der Waals surface area contributed by atoms with Gasteiger partial charge < -0.3 is 14.2 Å². The zero-order valence-corrected chi connectivity index (χ0v) is 20.5. The summed E-state index contributed by atoms with van der Waals surface area (Å²) < 4.78 is 17.9. The first-order valence-electron chi connectivity index (χ1n) is 11.0. The lowest BCUT2D eigenvalue weighted by Gasteiger charge is -2.29. The van der Waals surface area contributed by atoms with Crippen LogP contribution in [0.25, 0.3) is 10.2 Å². The van der Waals surface area contributed by atoms with Gasteiger partial charge in [0.25, 0.3) is 5.91 Å². The molecule has 1 aromatic heterocycles. The van der Waals surface area contributed by atoms with Crippen molar-refractivity contribution in [3.05, 3.63) is 47.0 Å². The van der Waals surface area contributed by atoms with Gasteiger partial charge in [-0.2, -0.15) is 0 Å². The number of aryl methyl sites for hydroxylation is 2. The molecule has 9 heteroatoms. The summed E-state index contributed by atoms with van der Waals surface area (Å²) in [5, 5.41) is 0.724. The number of amides is 1. The molecule has 5 rings (SSSR count). The van der Waals surface area contributed by atoms with E-state index in [-0.39, 0.29) is 18.3 Å². The molecule has 2 aromatic carbocycles. The molecule has 0 saturated carbocycles. The third-order valence-corrected chi connectivity index (χ3v) is 7.13. The van der Waals surface area contributed by atoms with E-state index in [1.807, 2.05) is 6.07 Å². The van der Waals surface area contributed by atoms with E-state index in [2.05, 4.69) is 30.9 Å². The Bertz CT molecular complexity index is 1150. The third kappa shape index (κ3) is 4.94. The number of fused-ring (bicyclic) bond motifs is 2. The molecule has 176 valence electrons. The van der Waals surface area contributed by atoms with Gasteiger partial charge in [0, 0.05) is 31.7 Å². The van der Waals surface area contributed by atoms with Crippen LogP contribution in [0.3, 0.4) is 0 Å². The fourth-order valence-electron chi connectivity index (χ4n) is 4.01. The molecule has 0 spiro atoms. The molecule has 0 unspecified atom stereocenters. The molecule has 7 nitrogen and oxygen atoms in total. The highest BCUT2D eigenvalue weighted by Gasteiger charge is 2.25. The van der Waals surface area contributed by atoms with E-state index >= 15 is 0 Å². The molecule has 0 bridgehead atoms. The molecule has 3 aromatic rings. The van der Waals surface area contributed by atoms with E-state index in [1.165, 1.54) is 5.56 Å². The molecule has 1 amide bonds. The van der Waals surface area contributed by atoms with E-state index in [9.17, 15) is 4.79 Å². The molecule has 33 heavy (non-hydrogen) atoms. The standard InChI is InChI=1S/C24H27N3O4S.ClH/c1-16-3-6-21-22(17(16)2)25-24(32-21)27(8-7-26-9-11-29-12-10-26)23(28)18-4-5-19-20(15-18)31-14-13-30-19;/h3-6,15H,7-14H2,1-2H3;1H. The number of thiazole rings is 1. The summed E-state index contributed by atoms with van der Waals surface area (Å²) >= 11 is 1.56. The van der Waals surface area contributed by atoms with Crippen molar-refractivity contribution in [1.29, 1.82) is 0 Å². The Hall–Kier alpha value is -2.39. The maximum atomic E-state index is 13.7. The number of ether oxygens (including phenoxy) is 3. The highest BCUT2D eigenvalue weighted by atomic mass is 35.5. The zero-order chi connectivity index (χ0) is 22.1. The number of benzene rings is 2. The lowest BCUT2D eigenvalue weighted by atomic mass is 10.1. The summed E-state index contributed by atoms with van der Waals surface area (Å²) in [6.45, 7) is 9.74. The number of halogens is 1. The number of carbonyl (C=O) groups is 1. The monoisotopic (exact) mass is 489 g/mol. The van der Waals surface area contributed by atoms with E-state index < -0.39 is 0 Å². The van der Waals surface area contributed by atoms with Crippen molar-refractivity contribution < 1.29 is 19.0 Å². The SMILES string of the molecule is Cc1ccc2sc(N(CCN3CCOCC3)C(=O)c3ccc4c(c3)OCCO4)nc2c1C.Cl. The molecular weight excluding hydrogens is 462 g/mol. The van der Waals surface area contributed by atoms with Crippen molar-refractivity contribution in [2.45, 2.75) is 13.8 Å². The van der Waals surface area contributed by atoms with Gasteiger partial charge in [0.05, 0.1) is 23.4 Å². The van der Waals surface area contributed by atoms with Crippen molar-refractivity contribution >= 4 is 45.0 Å². The van der Waals surface area contributed by atoms with Crippen LogP contribution in [-0.2, 0) is 4.74 Å². The second-order valence-corrected chi connectivity index (χ2v) is 9.13. The van der Waals surface area contributed by atoms with E-state index in [0.29, 0.717) is 36.8 Å². The minimum Gasteiger partial charge on any atom is -0.486 e. The average Bonchev–Trinajstić information content (AvgIpc) is 3.26. The third-order valence-electron chi connectivity index (χ3n) is 6.08. The van der Waals surface area contributed by atoms with Crippen molar-refractivity contribution in [3.8, 4) is 11.5 Å². The number of aromatic nitrogens is 1. The van der Waals surface area contributed by atoms with Gasteiger partial charge in [-0.3, -0.25) is 14.6 Å². The molecule has 0 atom stereocenters. The van der Waals surface area contributed by atoms with E-state index in [1.54, 1.807) is 28.4 Å². The normalized spacial score (nSPS) is 15.8. The van der Waals surface area contributed by atoms with E-state index in [4.69, 9.17) is 19.2 Å². The fraction of sp³-hybridized carbons (Fsp3) is 0.417. The minimum atomic E-state index is -0.0799. The van der Waals surface area contributed by atoms with Crippen molar-refractivity contribution in [1.82, 2.24) is 9.88 Å². The lowest BCUT2D eigenvalue weighted by molar-refractivity contribution is 0.0391. The van der Waals surface area contributed by atoms with Gasteiger partial charge in [-0.1, -0.05) is 17.4 Å². The quantitative estimate of drug-likeness (QED) is 0.538. The Morgan fingerprint density at radius 2 is 1.82 bits per heavy atom. The number of hydrogen-bond acceptors (Lipinski definition) is 7. The fourth-order valence-corrected chi connectivity index (χ4v) is 5.06. The number of carbonyl (C=O) groups excluding carboxylic acids is 1.